The number of benzene rings is 4. The van der Waals surface area contributed by atoms with Crippen LogP contribution in [-0.4, -0.2) is 112 Å². The van der Waals surface area contributed by atoms with Crippen molar-refractivity contribution >= 4 is 59.1 Å². The maximum atomic E-state index is 14.2. The Morgan fingerprint density at radius 3 is 1.90 bits per heavy atom. The number of alkyl halides is 3. The van der Waals surface area contributed by atoms with Crippen molar-refractivity contribution in [2.24, 2.45) is 0 Å². The van der Waals surface area contributed by atoms with E-state index in [1.807, 2.05) is 36.4 Å². The molecule has 0 aliphatic heterocycles. The van der Waals surface area contributed by atoms with Crippen LogP contribution in [-0.2, 0) is 34.7 Å². The fourth-order valence-electron chi connectivity index (χ4n) is 8.11. The van der Waals surface area contributed by atoms with Crippen LogP contribution in [0.3, 0.4) is 0 Å². The number of hydrogen-bond acceptors (Lipinski definition) is 10. The van der Waals surface area contributed by atoms with Gasteiger partial charge in [-0.05, 0) is 99.6 Å². The number of carbonyl (C=O) groups is 3. The Bertz CT molecular complexity index is 2610. The Morgan fingerprint density at radius 2 is 1.32 bits per heavy atom. The average molecular weight is 1030 g/mol. The zero-order valence-electron chi connectivity index (χ0n) is 43.3. The molecule has 0 bridgehead atoms. The molecule has 18 heteroatoms. The lowest BCUT2D eigenvalue weighted by atomic mass is 10.1. The minimum atomic E-state index is -4.64. The summed E-state index contributed by atoms with van der Waals surface area (Å²) in [5.74, 6) is 5.07. The molecule has 1 heterocycles. The zero-order chi connectivity index (χ0) is 53.5. The van der Waals surface area contributed by atoms with E-state index in [1.54, 1.807) is 59.7 Å². The molecule has 5 aromatic rings. The van der Waals surface area contributed by atoms with Gasteiger partial charge in [-0.15, -0.1) is 0 Å². The minimum Gasteiger partial charge on any atom is -0.508 e. The maximum absolute atomic E-state index is 14.2. The summed E-state index contributed by atoms with van der Waals surface area (Å²) >= 11 is 0. The second-order valence-electron chi connectivity index (χ2n) is 20.3. The van der Waals surface area contributed by atoms with Gasteiger partial charge in [0.15, 0.2) is 0 Å². The highest BCUT2D eigenvalue weighted by atomic mass is 28.4. The number of nitrogens with zero attached hydrogens (tertiary/aromatic N) is 2. The Morgan fingerprint density at radius 1 is 0.712 bits per heavy atom. The Hall–Kier alpha value is -6.52. The fourth-order valence-corrected chi connectivity index (χ4v) is 12.7. The van der Waals surface area contributed by atoms with Crippen LogP contribution in [0.1, 0.15) is 74.4 Å². The number of fused-ring (bicyclic) bond motifs is 1. The molecule has 0 saturated heterocycles. The zero-order valence-corrected chi connectivity index (χ0v) is 44.3. The minimum absolute atomic E-state index is 0.0119. The lowest BCUT2D eigenvalue weighted by Crippen LogP contribution is -2.66. The van der Waals surface area contributed by atoms with E-state index in [4.69, 9.17) is 23.4 Å². The number of phenols is 1. The van der Waals surface area contributed by atoms with Crippen molar-refractivity contribution in [2.75, 3.05) is 62.9 Å². The predicted octanol–water partition coefficient (Wildman–Crippen LogP) is 9.12. The van der Waals surface area contributed by atoms with Gasteiger partial charge in [0.1, 0.15) is 29.5 Å². The van der Waals surface area contributed by atoms with E-state index in [0.29, 0.717) is 30.9 Å². The first-order valence-electron chi connectivity index (χ1n) is 24.3. The lowest BCUT2D eigenvalue weighted by Gasteiger charge is -2.43. The van der Waals surface area contributed by atoms with Gasteiger partial charge in [0.2, 0.25) is 5.91 Å². The maximum Gasteiger partial charge on any atom is 0.415 e. The smallest absolute Gasteiger partial charge is 0.415 e. The number of aromatic hydroxyl groups is 1. The second kappa shape index (κ2) is 25.4. The molecular weight excluding hydrogens is 960 g/mol. The Kier molecular flexibility index (Phi) is 20.0. The average Bonchev–Trinajstić information content (AvgIpc) is 3.64. The molecule has 0 saturated carbocycles. The summed E-state index contributed by atoms with van der Waals surface area (Å²) in [6, 6.07) is 31.8. The number of anilines is 2. The van der Waals surface area contributed by atoms with Gasteiger partial charge in [-0.25, -0.2) is 9.59 Å². The predicted molar refractivity (Wildman–Crippen MR) is 281 cm³/mol. The summed E-state index contributed by atoms with van der Waals surface area (Å²) in [7, 11) is -2.71. The standard InChI is InChI=1S/C55H70F3N5O9Si/c1-52(2,3)71-50(66)60-29-28-47(49(65)59-30-32-68-33-34-69-35-36-70-73(54(7,8)9,43-22-12-10-13-23-43)44-24-14-11-15-25-44)61-46-26-17-27-48-45(46)38-41(63(48)39-55(56,57)58)20-18-31-62(51(67)72-53(4,5)6)40-19-16-21-42(64)37-40/h10-17,19,21-27,37-38,47,61,64H,28-36,39H2,1-9H3,(H,59,65)(H,60,66)/t47-/m0/s1. The third-order valence-corrected chi connectivity index (χ3v) is 16.2. The molecule has 14 nitrogen and oxygen atoms in total. The number of amides is 3. The van der Waals surface area contributed by atoms with E-state index in [1.165, 1.54) is 45.6 Å². The van der Waals surface area contributed by atoms with Gasteiger partial charge in [-0.2, -0.15) is 13.2 Å². The van der Waals surface area contributed by atoms with E-state index < -0.39 is 56.4 Å². The number of carbonyl (C=O) groups excluding carboxylic acids is 3. The summed E-state index contributed by atoms with van der Waals surface area (Å²) < 4.78 is 73.1. The van der Waals surface area contributed by atoms with Crippen molar-refractivity contribution < 1.29 is 56.0 Å². The highest BCUT2D eigenvalue weighted by molar-refractivity contribution is 6.99. The van der Waals surface area contributed by atoms with Crippen LogP contribution in [0.4, 0.5) is 34.1 Å². The number of phenolic OH excluding ortho intramolecular Hbond substituents is 1. The number of alkyl carbamates (subject to hydrolysis) is 1. The molecule has 0 aliphatic rings. The number of halogens is 3. The number of rotatable bonds is 21. The van der Waals surface area contributed by atoms with E-state index in [0.717, 1.165) is 4.57 Å². The van der Waals surface area contributed by atoms with Gasteiger partial charge < -0.3 is 49.0 Å². The van der Waals surface area contributed by atoms with Crippen molar-refractivity contribution in [3.63, 3.8) is 0 Å². The SMILES string of the molecule is CC(C)(C)OC(=O)NCC[C@H](Nc1cccc2c1cc(C#CCN(C(=O)OC(C)(C)C)c1cccc(O)c1)n2CC(F)(F)F)C(=O)NCCOCCOCCO[Si](c1ccccc1)(c1ccccc1)C(C)(C)C. The van der Waals surface area contributed by atoms with Crippen LogP contribution in [0, 0.1) is 11.8 Å². The molecule has 394 valence electrons. The lowest BCUT2D eigenvalue weighted by molar-refractivity contribution is -0.140. The van der Waals surface area contributed by atoms with E-state index >= 15 is 0 Å². The van der Waals surface area contributed by atoms with Crippen molar-refractivity contribution in [1.29, 1.82) is 0 Å². The highest BCUT2D eigenvalue weighted by Gasteiger charge is 2.50. The van der Waals surface area contributed by atoms with Crippen LogP contribution in [0.5, 0.6) is 5.75 Å². The van der Waals surface area contributed by atoms with Gasteiger partial charge in [0.05, 0.1) is 56.5 Å². The molecule has 73 heavy (non-hydrogen) atoms. The quantitative estimate of drug-likeness (QED) is 0.0317. The highest BCUT2D eigenvalue weighted by Crippen LogP contribution is 2.37. The van der Waals surface area contributed by atoms with Crippen LogP contribution in [0.15, 0.2) is 109 Å². The van der Waals surface area contributed by atoms with Gasteiger partial charge in [-0.1, -0.05) is 99.5 Å². The molecule has 3 amide bonds. The first kappa shape index (κ1) is 57.4. The summed E-state index contributed by atoms with van der Waals surface area (Å²) in [4.78, 5) is 40.8. The normalized spacial score (nSPS) is 12.6. The van der Waals surface area contributed by atoms with Gasteiger partial charge >= 0.3 is 18.4 Å². The fraction of sp³-hybridized carbons (Fsp3) is 0.436. The molecule has 5 rings (SSSR count). The summed E-state index contributed by atoms with van der Waals surface area (Å²) in [5, 5.41) is 21.4. The summed E-state index contributed by atoms with van der Waals surface area (Å²) in [6.45, 7) is 16.8. The monoisotopic (exact) mass is 1030 g/mol. The largest absolute Gasteiger partial charge is 0.508 e. The molecular formula is C55H70F3N5O9Si. The third-order valence-electron chi connectivity index (χ3n) is 11.1. The summed E-state index contributed by atoms with van der Waals surface area (Å²) in [6.07, 6.45) is -6.02. The molecule has 1 atom stereocenters. The third kappa shape index (κ3) is 17.3. The van der Waals surface area contributed by atoms with E-state index in [2.05, 4.69) is 72.8 Å². The topological polar surface area (TPSA) is 162 Å². The molecule has 4 aromatic carbocycles. The van der Waals surface area contributed by atoms with Crippen molar-refractivity contribution in [1.82, 2.24) is 15.2 Å². The molecule has 0 spiro atoms. The Balaban J connectivity index is 1.26. The first-order chi connectivity index (χ1) is 34.4. The number of ether oxygens (including phenoxy) is 4. The number of aromatic nitrogens is 1. The Labute approximate surface area is 428 Å². The van der Waals surface area contributed by atoms with Crippen molar-refractivity contribution in [3.8, 4) is 17.6 Å². The van der Waals surface area contributed by atoms with Crippen LogP contribution >= 0.6 is 0 Å². The molecule has 4 N–H and O–H groups in total. The molecule has 0 aliphatic carbocycles. The van der Waals surface area contributed by atoms with Crippen molar-refractivity contribution in [2.45, 2.75) is 104 Å². The van der Waals surface area contributed by atoms with Crippen molar-refractivity contribution in [3.05, 3.63) is 115 Å². The molecule has 0 unspecified atom stereocenters. The second-order valence-corrected chi connectivity index (χ2v) is 24.6. The van der Waals surface area contributed by atoms with Crippen LogP contribution in [0.2, 0.25) is 5.04 Å². The van der Waals surface area contributed by atoms with E-state index in [-0.39, 0.29) is 67.0 Å². The van der Waals surface area contributed by atoms with Crippen LogP contribution in [0.25, 0.3) is 10.9 Å². The van der Waals surface area contributed by atoms with Gasteiger partial charge in [0, 0.05) is 30.2 Å². The number of nitrogens with one attached hydrogen (secondary N) is 3. The molecule has 0 fully saturated rings. The van der Waals surface area contributed by atoms with E-state index in [9.17, 15) is 32.7 Å². The van der Waals surface area contributed by atoms with Gasteiger partial charge in [-0.3, -0.25) is 9.69 Å². The molecule has 1 aromatic heterocycles. The molecule has 0 radical (unpaired) electrons. The van der Waals surface area contributed by atoms with Gasteiger partial charge in [0.25, 0.3) is 8.32 Å². The first-order valence-corrected chi connectivity index (χ1v) is 26.2. The van der Waals surface area contributed by atoms with Crippen LogP contribution < -0.4 is 31.2 Å². The summed E-state index contributed by atoms with van der Waals surface area (Å²) in [5.41, 5.74) is -0.872. The number of hydrogen-bond donors (Lipinski definition) is 4.